The number of carbonyl (C=O) groups excluding carboxylic acids is 2. The number of imidazole rings is 1. The summed E-state index contributed by atoms with van der Waals surface area (Å²) in [4.78, 5) is 30.8. The summed E-state index contributed by atoms with van der Waals surface area (Å²) < 4.78 is 16.2. The highest BCUT2D eigenvalue weighted by Crippen LogP contribution is 2.24. The molecule has 1 saturated heterocycles. The van der Waals surface area contributed by atoms with E-state index in [2.05, 4.69) is 10.3 Å². The van der Waals surface area contributed by atoms with Crippen LogP contribution in [0.1, 0.15) is 45.0 Å². The lowest BCUT2D eigenvalue weighted by Gasteiger charge is -2.35. The van der Waals surface area contributed by atoms with Crippen LogP contribution in [0, 0.1) is 24.1 Å². The normalized spacial score (nSPS) is 15.4. The second-order valence-electron chi connectivity index (χ2n) is 8.66. The summed E-state index contributed by atoms with van der Waals surface area (Å²) in [5.41, 5.74) is 0.740. The molecule has 7 heteroatoms. The fourth-order valence-corrected chi connectivity index (χ4v) is 3.64. The lowest BCUT2D eigenvalue weighted by Crippen LogP contribution is -2.46. The number of aromatic nitrogens is 2. The Labute approximate surface area is 171 Å². The van der Waals surface area contributed by atoms with Crippen LogP contribution in [0.15, 0.2) is 30.6 Å². The molecule has 2 aromatic rings. The third kappa shape index (κ3) is 4.83. The van der Waals surface area contributed by atoms with Crippen LogP contribution in [0.4, 0.5) is 4.39 Å². The largest absolute Gasteiger partial charge is 0.352 e. The first-order valence-electron chi connectivity index (χ1n) is 10.0. The van der Waals surface area contributed by atoms with Crippen molar-refractivity contribution >= 4 is 11.8 Å². The number of aryl methyl sites for hydroxylation is 1. The fraction of sp³-hybridized carbons (Fsp3) is 0.500. The number of hydrogen-bond acceptors (Lipinski definition) is 3. The first-order valence-corrected chi connectivity index (χ1v) is 10.0. The second kappa shape index (κ2) is 8.35. The van der Waals surface area contributed by atoms with Gasteiger partial charge in [0.25, 0.3) is 0 Å². The number of piperidine rings is 1. The number of halogens is 1. The van der Waals surface area contributed by atoms with Gasteiger partial charge in [-0.15, -0.1) is 0 Å². The van der Waals surface area contributed by atoms with E-state index in [1.807, 2.05) is 38.7 Å². The van der Waals surface area contributed by atoms with E-state index in [-0.39, 0.29) is 30.1 Å². The maximum atomic E-state index is 14.5. The van der Waals surface area contributed by atoms with Crippen LogP contribution in [-0.2, 0) is 16.1 Å². The molecule has 0 aliphatic carbocycles. The minimum absolute atomic E-state index is 0.0391. The molecule has 0 spiro atoms. The zero-order valence-corrected chi connectivity index (χ0v) is 17.5. The van der Waals surface area contributed by atoms with Crippen molar-refractivity contribution in [2.45, 2.75) is 47.1 Å². The number of hydrogen-bond donors (Lipinski definition) is 1. The molecular formula is C22H29FN4O2. The van der Waals surface area contributed by atoms with Gasteiger partial charge in [-0.3, -0.25) is 9.59 Å². The number of nitrogens with one attached hydrogen (secondary N) is 1. The molecule has 0 atom stereocenters. The lowest BCUT2D eigenvalue weighted by atomic mass is 9.90. The summed E-state index contributed by atoms with van der Waals surface area (Å²) in [5, 5.41) is 2.91. The highest BCUT2D eigenvalue weighted by Gasteiger charge is 2.32. The molecule has 0 radical (unpaired) electrons. The Balaban J connectivity index is 1.53. The van der Waals surface area contributed by atoms with E-state index in [4.69, 9.17) is 0 Å². The number of amides is 2. The average Bonchev–Trinajstić information content (AvgIpc) is 3.10. The Morgan fingerprint density at radius 3 is 2.48 bits per heavy atom. The first-order chi connectivity index (χ1) is 13.7. The summed E-state index contributed by atoms with van der Waals surface area (Å²) in [6, 6.07) is 4.95. The van der Waals surface area contributed by atoms with Gasteiger partial charge in [0, 0.05) is 43.4 Å². The van der Waals surface area contributed by atoms with Gasteiger partial charge >= 0.3 is 0 Å². The highest BCUT2D eigenvalue weighted by atomic mass is 19.1. The molecular weight excluding hydrogens is 371 g/mol. The van der Waals surface area contributed by atoms with E-state index in [9.17, 15) is 14.0 Å². The van der Waals surface area contributed by atoms with Crippen molar-refractivity contribution in [3.05, 3.63) is 47.8 Å². The van der Waals surface area contributed by atoms with E-state index in [1.165, 1.54) is 6.07 Å². The fourth-order valence-electron chi connectivity index (χ4n) is 3.64. The van der Waals surface area contributed by atoms with Crippen molar-refractivity contribution in [2.75, 3.05) is 13.1 Å². The van der Waals surface area contributed by atoms with Crippen molar-refractivity contribution in [1.82, 2.24) is 19.8 Å². The molecule has 156 valence electrons. The molecule has 1 aliphatic rings. The monoisotopic (exact) mass is 400 g/mol. The highest BCUT2D eigenvalue weighted by molar-refractivity contribution is 5.82. The van der Waals surface area contributed by atoms with Gasteiger partial charge in [-0.1, -0.05) is 26.8 Å². The molecule has 1 aromatic carbocycles. The minimum Gasteiger partial charge on any atom is -0.352 e. The molecule has 1 aliphatic heterocycles. The minimum atomic E-state index is -0.402. The standard InChI is InChI=1S/C22H29FN4O2/c1-15-24-9-12-27(15)19-6-5-16(13-18(19)23)14-25-20(28)17-7-10-26(11-8-17)21(29)22(2,3)4/h5-6,9,12-13,17H,7-8,10-11,14H2,1-4H3,(H,25,28). The van der Waals surface area contributed by atoms with E-state index in [0.717, 1.165) is 0 Å². The van der Waals surface area contributed by atoms with Crippen LogP contribution >= 0.6 is 0 Å². The number of carbonyl (C=O) groups is 2. The summed E-state index contributed by atoms with van der Waals surface area (Å²) in [6.07, 6.45) is 4.65. The van der Waals surface area contributed by atoms with Crippen LogP contribution in [-0.4, -0.2) is 39.4 Å². The van der Waals surface area contributed by atoms with Crippen LogP contribution in [0.3, 0.4) is 0 Å². The van der Waals surface area contributed by atoms with Gasteiger partial charge in [0.1, 0.15) is 11.6 Å². The molecule has 0 saturated carbocycles. The summed E-state index contributed by atoms with van der Waals surface area (Å²) in [7, 11) is 0. The van der Waals surface area contributed by atoms with Crippen molar-refractivity contribution < 1.29 is 14.0 Å². The molecule has 1 aromatic heterocycles. The van der Waals surface area contributed by atoms with Crippen LogP contribution in [0.25, 0.3) is 5.69 Å². The van der Waals surface area contributed by atoms with Crippen LogP contribution in [0.2, 0.25) is 0 Å². The molecule has 0 unspecified atom stereocenters. The number of likely N-dealkylation sites (tertiary alicyclic amines) is 1. The first kappa shape index (κ1) is 21.0. The third-order valence-electron chi connectivity index (χ3n) is 5.36. The average molecular weight is 400 g/mol. The summed E-state index contributed by atoms with van der Waals surface area (Å²) >= 11 is 0. The quantitative estimate of drug-likeness (QED) is 0.857. The zero-order valence-electron chi connectivity index (χ0n) is 17.5. The maximum absolute atomic E-state index is 14.5. The predicted octanol–water partition coefficient (Wildman–Crippen LogP) is 3.22. The molecule has 29 heavy (non-hydrogen) atoms. The number of nitrogens with zero attached hydrogens (tertiary/aromatic N) is 3. The smallest absolute Gasteiger partial charge is 0.227 e. The van der Waals surface area contributed by atoms with Gasteiger partial charge in [-0.25, -0.2) is 9.37 Å². The Morgan fingerprint density at radius 1 is 1.24 bits per heavy atom. The Morgan fingerprint density at radius 2 is 1.93 bits per heavy atom. The van der Waals surface area contributed by atoms with Crippen molar-refractivity contribution in [1.29, 1.82) is 0 Å². The molecule has 1 N–H and O–H groups in total. The van der Waals surface area contributed by atoms with Crippen molar-refractivity contribution in [2.24, 2.45) is 11.3 Å². The van der Waals surface area contributed by atoms with Crippen molar-refractivity contribution in [3.63, 3.8) is 0 Å². The molecule has 2 amide bonds. The third-order valence-corrected chi connectivity index (χ3v) is 5.36. The van der Waals surface area contributed by atoms with E-state index in [1.54, 1.807) is 23.0 Å². The van der Waals surface area contributed by atoms with Crippen LogP contribution < -0.4 is 5.32 Å². The van der Waals surface area contributed by atoms with E-state index >= 15 is 0 Å². The molecule has 2 heterocycles. The van der Waals surface area contributed by atoms with E-state index in [0.29, 0.717) is 43.0 Å². The van der Waals surface area contributed by atoms with Gasteiger partial charge in [0.2, 0.25) is 11.8 Å². The predicted molar refractivity (Wildman–Crippen MR) is 109 cm³/mol. The molecule has 3 rings (SSSR count). The van der Waals surface area contributed by atoms with Crippen molar-refractivity contribution in [3.8, 4) is 5.69 Å². The Kier molecular flexibility index (Phi) is 6.05. The van der Waals surface area contributed by atoms with Gasteiger partial charge in [-0.05, 0) is 37.5 Å². The molecule has 1 fully saturated rings. The van der Waals surface area contributed by atoms with Crippen LogP contribution in [0.5, 0.6) is 0 Å². The van der Waals surface area contributed by atoms with Gasteiger partial charge in [0.15, 0.2) is 0 Å². The Bertz CT molecular complexity index is 892. The molecule has 0 bridgehead atoms. The topological polar surface area (TPSA) is 67.2 Å². The van der Waals surface area contributed by atoms with E-state index < -0.39 is 5.41 Å². The Hall–Kier alpha value is -2.70. The maximum Gasteiger partial charge on any atom is 0.227 e. The zero-order chi connectivity index (χ0) is 21.2. The summed E-state index contributed by atoms with van der Waals surface area (Å²) in [6.45, 7) is 9.02. The molecule has 6 nitrogen and oxygen atoms in total. The SMILES string of the molecule is Cc1nccn1-c1ccc(CNC(=O)C2CCN(C(=O)C(C)(C)C)CC2)cc1F. The van der Waals surface area contributed by atoms with Gasteiger partial charge < -0.3 is 14.8 Å². The second-order valence-corrected chi connectivity index (χ2v) is 8.66. The lowest BCUT2D eigenvalue weighted by molar-refractivity contribution is -0.142. The van der Waals surface area contributed by atoms with Gasteiger partial charge in [-0.2, -0.15) is 0 Å². The van der Waals surface area contributed by atoms with Gasteiger partial charge in [0.05, 0.1) is 5.69 Å². The number of benzene rings is 1. The number of rotatable bonds is 4. The summed E-state index contributed by atoms with van der Waals surface area (Å²) in [5.74, 6) is 0.327.